The molecular weight excluding hydrogens is 424 g/mol. The predicted molar refractivity (Wildman–Crippen MR) is 134 cm³/mol. The minimum atomic E-state index is -1.24. The third-order valence-corrected chi connectivity index (χ3v) is 8.93. The van der Waals surface area contributed by atoms with Crippen molar-refractivity contribution in [1.29, 1.82) is 0 Å². The molecule has 1 aromatic carbocycles. The van der Waals surface area contributed by atoms with Crippen LogP contribution in [0.4, 0.5) is 0 Å². The number of hydrogen-bond acceptors (Lipinski definition) is 4. The first-order chi connectivity index (χ1) is 16.3. The van der Waals surface area contributed by atoms with Crippen molar-refractivity contribution >= 4 is 11.6 Å². The van der Waals surface area contributed by atoms with E-state index in [2.05, 4.69) is 31.7 Å². The Morgan fingerprint density at radius 3 is 2.50 bits per heavy atom. The zero-order valence-corrected chi connectivity index (χ0v) is 20.7. The maximum Gasteiger partial charge on any atom is 0.147 e. The molecule has 2 unspecified atom stereocenters. The van der Waals surface area contributed by atoms with E-state index in [-0.39, 0.29) is 35.7 Å². The van der Waals surface area contributed by atoms with Crippen molar-refractivity contribution in [2.24, 2.45) is 35.0 Å². The molecule has 1 aromatic rings. The van der Waals surface area contributed by atoms with E-state index in [0.29, 0.717) is 25.2 Å². The second kappa shape index (κ2) is 10.3. The molecule has 2 saturated carbocycles. The molecule has 1 spiro atoms. The van der Waals surface area contributed by atoms with Gasteiger partial charge in [-0.05, 0) is 60.5 Å². The van der Waals surface area contributed by atoms with Crippen LogP contribution in [0.1, 0.15) is 64.4 Å². The SMILES string of the molecule is C=C1[C@@H](C)C2[C@H](Cc3ccccc3)CC(=O)[C@]23C(=O)CC[C@H](O)CCC[C@@H](C)C/C=C/C3[C@@H]1O. The summed E-state index contributed by atoms with van der Waals surface area (Å²) in [6.07, 6.45) is 7.66. The monoisotopic (exact) mass is 464 g/mol. The van der Waals surface area contributed by atoms with Crippen LogP contribution in [0.5, 0.6) is 0 Å². The highest BCUT2D eigenvalue weighted by molar-refractivity contribution is 6.10. The van der Waals surface area contributed by atoms with Crippen molar-refractivity contribution in [1.82, 2.24) is 0 Å². The van der Waals surface area contributed by atoms with Crippen LogP contribution in [-0.4, -0.2) is 34.0 Å². The maximum absolute atomic E-state index is 14.1. The van der Waals surface area contributed by atoms with E-state index >= 15 is 0 Å². The van der Waals surface area contributed by atoms with Crippen molar-refractivity contribution in [3.63, 3.8) is 0 Å². The second-order valence-corrected chi connectivity index (χ2v) is 11.1. The predicted octanol–water partition coefficient (Wildman–Crippen LogP) is 5.08. The number of Topliss-reactive ketones (excluding diaryl/α,β-unsaturated/α-hetero) is 2. The van der Waals surface area contributed by atoms with Crippen molar-refractivity contribution in [2.45, 2.75) is 77.4 Å². The Hall–Kier alpha value is -2.04. The van der Waals surface area contributed by atoms with E-state index in [1.165, 1.54) is 0 Å². The molecule has 3 aliphatic carbocycles. The normalized spacial score (nSPS) is 40.5. The fraction of sp³-hybridized carbons (Fsp3) is 0.600. The van der Waals surface area contributed by atoms with Gasteiger partial charge in [-0.2, -0.15) is 0 Å². The minimum absolute atomic E-state index is 0.0218. The number of benzene rings is 1. The van der Waals surface area contributed by atoms with Gasteiger partial charge in [0.1, 0.15) is 11.6 Å². The molecule has 4 heteroatoms. The number of aliphatic hydroxyl groups excluding tert-OH is 2. The lowest BCUT2D eigenvalue weighted by molar-refractivity contribution is -0.152. The minimum Gasteiger partial charge on any atom is -0.393 e. The highest BCUT2D eigenvalue weighted by Crippen LogP contribution is 2.61. The molecule has 0 saturated heterocycles. The molecule has 3 aliphatic rings. The summed E-state index contributed by atoms with van der Waals surface area (Å²) in [6, 6.07) is 10.2. The van der Waals surface area contributed by atoms with E-state index in [0.717, 1.165) is 36.8 Å². The Labute approximate surface area is 204 Å². The van der Waals surface area contributed by atoms with Crippen molar-refractivity contribution < 1.29 is 19.8 Å². The molecule has 0 radical (unpaired) electrons. The van der Waals surface area contributed by atoms with Crippen LogP contribution in [0.15, 0.2) is 54.6 Å². The van der Waals surface area contributed by atoms with E-state index in [1.54, 1.807) is 0 Å². The van der Waals surface area contributed by atoms with E-state index in [9.17, 15) is 19.8 Å². The highest BCUT2D eigenvalue weighted by Gasteiger charge is 2.67. The largest absolute Gasteiger partial charge is 0.393 e. The second-order valence-electron chi connectivity index (χ2n) is 11.1. The highest BCUT2D eigenvalue weighted by atomic mass is 16.3. The van der Waals surface area contributed by atoms with Crippen molar-refractivity contribution in [3.05, 3.63) is 60.2 Å². The fourth-order valence-electron chi connectivity index (χ4n) is 7.11. The standard InChI is InChI=1S/C30H40O4/c1-19-9-7-13-24(31)15-16-26(32)30-25(14-8-10-19)29(34)21(3)20(2)28(30)23(18-27(30)33)17-22-11-5-4-6-12-22/h4-6,8,11-12,14,19-20,23-25,28-29,31,34H,3,7,9-10,13,15-18H2,1-2H3/b14-8+/t19-,20-,23-,24-,25?,28?,29-,30+/m1/s1. The average molecular weight is 465 g/mol. The molecule has 184 valence electrons. The number of aliphatic hydroxyl groups is 2. The first kappa shape index (κ1) is 25.1. The third kappa shape index (κ3) is 4.47. The summed E-state index contributed by atoms with van der Waals surface area (Å²) >= 11 is 0. The molecule has 0 heterocycles. The summed E-state index contributed by atoms with van der Waals surface area (Å²) in [6.45, 7) is 8.46. The molecule has 4 nitrogen and oxygen atoms in total. The topological polar surface area (TPSA) is 74.6 Å². The Morgan fingerprint density at radius 1 is 1.03 bits per heavy atom. The van der Waals surface area contributed by atoms with Gasteiger partial charge < -0.3 is 10.2 Å². The quantitative estimate of drug-likeness (QED) is 0.473. The smallest absolute Gasteiger partial charge is 0.147 e. The lowest BCUT2D eigenvalue weighted by Gasteiger charge is -2.50. The molecule has 4 rings (SSSR count). The van der Waals surface area contributed by atoms with E-state index in [4.69, 9.17) is 0 Å². The number of hydrogen-bond donors (Lipinski definition) is 2. The van der Waals surface area contributed by atoms with Gasteiger partial charge in [-0.25, -0.2) is 0 Å². The zero-order valence-electron chi connectivity index (χ0n) is 20.7. The van der Waals surface area contributed by atoms with Crippen LogP contribution >= 0.6 is 0 Å². The van der Waals surface area contributed by atoms with Crippen LogP contribution < -0.4 is 0 Å². The molecular formula is C30H40O4. The number of carbonyl (C=O) groups excluding carboxylic acids is 2. The van der Waals surface area contributed by atoms with E-state index < -0.39 is 23.5 Å². The van der Waals surface area contributed by atoms with Crippen molar-refractivity contribution in [2.75, 3.05) is 0 Å². The number of rotatable bonds is 2. The molecule has 2 N–H and O–H groups in total. The van der Waals surface area contributed by atoms with Gasteiger partial charge in [-0.3, -0.25) is 9.59 Å². The van der Waals surface area contributed by atoms with Crippen LogP contribution in [0.2, 0.25) is 0 Å². The van der Waals surface area contributed by atoms with Gasteiger partial charge in [0.25, 0.3) is 0 Å². The Kier molecular flexibility index (Phi) is 7.59. The van der Waals surface area contributed by atoms with Crippen LogP contribution in [0.25, 0.3) is 0 Å². The number of ketones is 2. The first-order valence-corrected chi connectivity index (χ1v) is 13.1. The summed E-state index contributed by atoms with van der Waals surface area (Å²) in [5.41, 5.74) is 0.649. The van der Waals surface area contributed by atoms with Crippen LogP contribution in [0.3, 0.4) is 0 Å². The number of carbonyl (C=O) groups is 2. The Bertz CT molecular complexity index is 934. The fourth-order valence-corrected chi connectivity index (χ4v) is 7.11. The van der Waals surface area contributed by atoms with Gasteiger partial charge in [0.05, 0.1) is 17.6 Å². The van der Waals surface area contributed by atoms with Gasteiger partial charge in [-0.1, -0.05) is 75.8 Å². The summed E-state index contributed by atoms with van der Waals surface area (Å²) in [7, 11) is 0. The average Bonchev–Trinajstić information content (AvgIpc) is 3.11. The lowest BCUT2D eigenvalue weighted by Crippen LogP contribution is -2.57. The van der Waals surface area contributed by atoms with Crippen LogP contribution in [-0.2, 0) is 16.0 Å². The van der Waals surface area contributed by atoms with Crippen LogP contribution in [0, 0.1) is 35.0 Å². The molecule has 34 heavy (non-hydrogen) atoms. The van der Waals surface area contributed by atoms with Gasteiger partial charge in [0.2, 0.25) is 0 Å². The molecule has 0 bridgehead atoms. The summed E-state index contributed by atoms with van der Waals surface area (Å²) < 4.78 is 0. The maximum atomic E-state index is 14.1. The molecule has 0 amide bonds. The summed E-state index contributed by atoms with van der Waals surface area (Å²) in [4.78, 5) is 28.0. The van der Waals surface area contributed by atoms with E-state index in [1.807, 2.05) is 31.2 Å². The lowest BCUT2D eigenvalue weighted by atomic mass is 9.51. The van der Waals surface area contributed by atoms with Crippen molar-refractivity contribution in [3.8, 4) is 0 Å². The Balaban J connectivity index is 1.79. The zero-order chi connectivity index (χ0) is 24.5. The first-order valence-electron chi connectivity index (χ1n) is 13.1. The van der Waals surface area contributed by atoms with Gasteiger partial charge in [-0.15, -0.1) is 0 Å². The molecule has 0 aliphatic heterocycles. The molecule has 8 atom stereocenters. The van der Waals surface area contributed by atoms with Gasteiger partial charge in [0.15, 0.2) is 0 Å². The summed E-state index contributed by atoms with van der Waals surface area (Å²) in [5, 5.41) is 21.9. The Morgan fingerprint density at radius 2 is 1.76 bits per heavy atom. The number of allylic oxidation sites excluding steroid dienone is 1. The van der Waals surface area contributed by atoms with Gasteiger partial charge >= 0.3 is 0 Å². The molecule has 2 fully saturated rings. The summed E-state index contributed by atoms with van der Waals surface area (Å²) in [5.74, 6) is -0.590. The van der Waals surface area contributed by atoms with Gasteiger partial charge in [0, 0.05) is 18.8 Å². The molecule has 0 aromatic heterocycles. The third-order valence-electron chi connectivity index (χ3n) is 8.93.